The first-order valence-corrected chi connectivity index (χ1v) is 13.4. The lowest BCUT2D eigenvalue weighted by Crippen LogP contribution is -2.55. The molecule has 1 aromatic carbocycles. The van der Waals surface area contributed by atoms with Gasteiger partial charge >= 0.3 is 23.7 Å². The number of H-pyrrole nitrogens is 1. The number of imidazole rings is 1. The van der Waals surface area contributed by atoms with E-state index >= 15 is 0 Å². The number of fused-ring (bicyclic) bond motifs is 1. The van der Waals surface area contributed by atoms with Gasteiger partial charge < -0.3 is 20.1 Å². The first kappa shape index (κ1) is 33.3. The molecular formula is C26H30F3N7O8. The van der Waals surface area contributed by atoms with Gasteiger partial charge in [-0.25, -0.2) is 9.78 Å². The second kappa shape index (κ2) is 14.3. The molecule has 0 aliphatic carbocycles. The fourth-order valence-electron chi connectivity index (χ4n) is 4.04. The summed E-state index contributed by atoms with van der Waals surface area (Å²) in [7, 11) is 0. The largest absolute Gasteiger partial charge is 0.484 e. The zero-order valence-electron chi connectivity index (χ0n) is 23.6. The van der Waals surface area contributed by atoms with Crippen LogP contribution in [0.4, 0.5) is 13.2 Å². The highest BCUT2D eigenvalue weighted by Crippen LogP contribution is 2.22. The molecule has 0 bridgehead atoms. The number of benzene rings is 1. The van der Waals surface area contributed by atoms with Crippen LogP contribution in [-0.4, -0.2) is 66.7 Å². The number of ether oxygens (including phenoxy) is 1. The van der Waals surface area contributed by atoms with Crippen LogP contribution >= 0.6 is 0 Å². The van der Waals surface area contributed by atoms with Crippen LogP contribution in [0, 0.1) is 0 Å². The Morgan fingerprint density at radius 3 is 2.25 bits per heavy atom. The maximum Gasteiger partial charge on any atom is 0.471 e. The number of hydrogen-bond donors (Lipinski definition) is 5. The van der Waals surface area contributed by atoms with Crippen molar-refractivity contribution in [1.82, 2.24) is 35.3 Å². The summed E-state index contributed by atoms with van der Waals surface area (Å²) in [5.74, 6) is -5.55. The van der Waals surface area contributed by atoms with E-state index < -0.39 is 66.6 Å². The Morgan fingerprint density at radius 1 is 1.02 bits per heavy atom. The van der Waals surface area contributed by atoms with Crippen LogP contribution < -0.4 is 32.2 Å². The van der Waals surface area contributed by atoms with Crippen LogP contribution in [0.2, 0.25) is 0 Å². The first-order valence-electron chi connectivity index (χ1n) is 13.4. The van der Waals surface area contributed by atoms with Crippen molar-refractivity contribution in [3.8, 4) is 17.1 Å². The van der Waals surface area contributed by atoms with Crippen LogP contribution in [0.25, 0.3) is 22.6 Å². The molecular weight excluding hydrogens is 595 g/mol. The number of aromatic amines is 1. The molecule has 44 heavy (non-hydrogen) atoms. The third kappa shape index (κ3) is 8.23. The average molecular weight is 626 g/mol. The van der Waals surface area contributed by atoms with E-state index in [0.29, 0.717) is 30.8 Å². The van der Waals surface area contributed by atoms with E-state index in [9.17, 15) is 41.9 Å². The molecule has 5 N–H and O–H groups in total. The quantitative estimate of drug-likeness (QED) is 0.170. The highest BCUT2D eigenvalue weighted by molar-refractivity contribution is 5.91. The van der Waals surface area contributed by atoms with Crippen LogP contribution in [0.5, 0.6) is 5.75 Å². The number of halogens is 3. The number of carboxylic acid groups (broad SMARTS) is 1. The number of hydrazine groups is 1. The summed E-state index contributed by atoms with van der Waals surface area (Å²) in [6.45, 7) is 3.73. The van der Waals surface area contributed by atoms with Gasteiger partial charge in [0.15, 0.2) is 12.3 Å². The van der Waals surface area contributed by atoms with Crippen LogP contribution in [0.3, 0.4) is 0 Å². The molecule has 2 heterocycles. The fourth-order valence-corrected chi connectivity index (χ4v) is 4.04. The van der Waals surface area contributed by atoms with E-state index in [-0.39, 0.29) is 23.5 Å². The Hall–Kier alpha value is -5.16. The van der Waals surface area contributed by atoms with Gasteiger partial charge in [-0.15, -0.1) is 0 Å². The second-order valence-corrected chi connectivity index (χ2v) is 9.48. The molecule has 15 nitrogen and oxygen atoms in total. The summed E-state index contributed by atoms with van der Waals surface area (Å²) in [4.78, 5) is 79.5. The molecule has 3 rings (SSSR count). The van der Waals surface area contributed by atoms with Crippen molar-refractivity contribution in [2.75, 3.05) is 6.61 Å². The number of nitrogens with one attached hydrogen (secondary N) is 4. The number of aromatic nitrogens is 4. The van der Waals surface area contributed by atoms with Crippen molar-refractivity contribution >= 4 is 34.9 Å². The van der Waals surface area contributed by atoms with Crippen molar-refractivity contribution in [1.29, 1.82) is 0 Å². The lowest BCUT2D eigenvalue weighted by atomic mass is 10.1. The molecule has 0 spiro atoms. The van der Waals surface area contributed by atoms with Gasteiger partial charge in [0.2, 0.25) is 0 Å². The molecule has 0 aliphatic heterocycles. The minimum absolute atomic E-state index is 0.184. The number of aryl methyl sites for hydroxylation is 1. The number of carbonyl (C=O) groups excluding carboxylic acids is 3. The molecule has 0 radical (unpaired) electrons. The number of nitrogens with zero attached hydrogens (tertiary/aromatic N) is 3. The van der Waals surface area contributed by atoms with Crippen molar-refractivity contribution in [3.05, 3.63) is 45.1 Å². The number of alkyl halides is 3. The molecule has 3 aromatic rings. The Kier molecular flexibility index (Phi) is 10.9. The minimum atomic E-state index is -5.31. The number of hydrogen-bond acceptors (Lipinski definition) is 8. The molecule has 0 saturated carbocycles. The Balaban J connectivity index is 1.64. The summed E-state index contributed by atoms with van der Waals surface area (Å²) in [5, 5.41) is 10.1. The zero-order chi connectivity index (χ0) is 32.6. The Bertz CT molecular complexity index is 1640. The van der Waals surface area contributed by atoms with Crippen LogP contribution in [0.1, 0.15) is 39.5 Å². The summed E-state index contributed by atoms with van der Waals surface area (Å²) < 4.78 is 45.6. The summed E-state index contributed by atoms with van der Waals surface area (Å²) in [5.41, 5.74) is 3.75. The lowest BCUT2D eigenvalue weighted by Gasteiger charge is -2.18. The van der Waals surface area contributed by atoms with Crippen molar-refractivity contribution in [2.45, 2.75) is 64.8 Å². The number of amides is 3. The van der Waals surface area contributed by atoms with E-state index in [4.69, 9.17) is 9.84 Å². The van der Waals surface area contributed by atoms with Crippen molar-refractivity contribution < 1.29 is 42.2 Å². The summed E-state index contributed by atoms with van der Waals surface area (Å²) in [6.07, 6.45) is -5.48. The van der Waals surface area contributed by atoms with Crippen LogP contribution in [0.15, 0.2) is 33.9 Å². The smallest absolute Gasteiger partial charge is 0.471 e. The van der Waals surface area contributed by atoms with Gasteiger partial charge in [-0.3, -0.25) is 44.0 Å². The molecule has 0 saturated heterocycles. The SMILES string of the molecule is CCCn1c(=O)c2[nH]c(-c3ccc(OCC(=O)NNC(=O)[C@H](CCC(=O)O)NC(=O)C(F)(F)F)cc3)nc2n(CCC)c1=O. The second-order valence-electron chi connectivity index (χ2n) is 9.48. The minimum Gasteiger partial charge on any atom is -0.484 e. The molecule has 1 atom stereocenters. The maximum atomic E-state index is 12.9. The van der Waals surface area contributed by atoms with Crippen molar-refractivity contribution in [3.63, 3.8) is 0 Å². The van der Waals surface area contributed by atoms with Gasteiger partial charge in [-0.05, 0) is 43.5 Å². The number of aliphatic carboxylic acids is 1. The van der Waals surface area contributed by atoms with E-state index in [1.807, 2.05) is 24.7 Å². The third-order valence-corrected chi connectivity index (χ3v) is 6.10. The predicted molar refractivity (Wildman–Crippen MR) is 147 cm³/mol. The Labute approximate surface area is 246 Å². The molecule has 3 amide bonds. The zero-order valence-corrected chi connectivity index (χ0v) is 23.6. The van der Waals surface area contributed by atoms with Gasteiger partial charge in [-0.1, -0.05) is 13.8 Å². The topological polar surface area (TPSA) is 207 Å². The van der Waals surface area contributed by atoms with Gasteiger partial charge in [0, 0.05) is 25.1 Å². The molecule has 238 valence electrons. The first-order chi connectivity index (χ1) is 20.8. The van der Waals surface area contributed by atoms with Crippen molar-refractivity contribution in [2.24, 2.45) is 0 Å². The highest BCUT2D eigenvalue weighted by atomic mass is 19.4. The molecule has 18 heteroatoms. The predicted octanol–water partition coefficient (Wildman–Crippen LogP) is 0.811. The normalized spacial score (nSPS) is 12.0. The monoisotopic (exact) mass is 625 g/mol. The number of rotatable bonds is 13. The summed E-state index contributed by atoms with van der Waals surface area (Å²) in [6, 6.07) is 4.24. The number of carboxylic acids is 1. The van der Waals surface area contributed by atoms with E-state index in [2.05, 4.69) is 9.97 Å². The van der Waals surface area contributed by atoms with Crippen LogP contribution in [-0.2, 0) is 32.3 Å². The molecule has 0 unspecified atom stereocenters. The van der Waals surface area contributed by atoms with Gasteiger partial charge in [0.05, 0.1) is 0 Å². The Morgan fingerprint density at radius 2 is 1.66 bits per heavy atom. The standard InChI is InChI=1S/C26H30F3N7O8/c1-3-11-35-21-19(23(41)36(12-4-2)25(35)43)31-20(32-21)14-5-7-15(8-6-14)44-13-17(37)33-34-22(40)16(9-10-18(38)39)30-24(42)26(27,28)29/h5-8,16H,3-4,9-13H2,1-2H3,(H,30,42)(H,31,32)(H,33,37)(H,34,40)(H,38,39)/t16-/m0/s1. The fraction of sp³-hybridized carbons (Fsp3) is 0.423. The summed E-state index contributed by atoms with van der Waals surface area (Å²) >= 11 is 0. The van der Waals surface area contributed by atoms with Gasteiger partial charge in [0.1, 0.15) is 23.1 Å². The molecule has 2 aromatic heterocycles. The molecule has 0 aliphatic rings. The molecule has 0 fully saturated rings. The highest BCUT2D eigenvalue weighted by Gasteiger charge is 2.41. The average Bonchev–Trinajstić information content (AvgIpc) is 3.42. The van der Waals surface area contributed by atoms with Gasteiger partial charge in [-0.2, -0.15) is 13.2 Å². The van der Waals surface area contributed by atoms with E-state index in [1.165, 1.54) is 26.6 Å². The number of carbonyl (C=O) groups is 4. The van der Waals surface area contributed by atoms with E-state index in [0.717, 1.165) is 0 Å². The van der Waals surface area contributed by atoms with Gasteiger partial charge in [0.25, 0.3) is 17.4 Å². The maximum absolute atomic E-state index is 12.9. The lowest BCUT2D eigenvalue weighted by molar-refractivity contribution is -0.175. The van der Waals surface area contributed by atoms with E-state index in [1.54, 1.807) is 12.1 Å². The third-order valence-electron chi connectivity index (χ3n) is 6.10.